The van der Waals surface area contributed by atoms with Gasteiger partial charge in [0.05, 0.1) is 7.11 Å². The van der Waals surface area contributed by atoms with Crippen molar-refractivity contribution in [2.45, 2.75) is 46.2 Å². The van der Waals surface area contributed by atoms with Crippen LogP contribution in [0.15, 0.2) is 0 Å². The van der Waals surface area contributed by atoms with Gasteiger partial charge in [-0.15, -0.1) is 0 Å². The zero-order valence-corrected chi connectivity index (χ0v) is 15.0. The number of ether oxygens (including phenoxy) is 1. The van der Waals surface area contributed by atoms with Crippen LogP contribution in [0.25, 0.3) is 0 Å². The van der Waals surface area contributed by atoms with Crippen molar-refractivity contribution in [3.63, 3.8) is 0 Å². The van der Waals surface area contributed by atoms with Crippen LogP contribution in [0.2, 0.25) is 0 Å². The molecule has 0 aliphatic carbocycles. The fourth-order valence-corrected chi connectivity index (χ4v) is 2.28. The van der Waals surface area contributed by atoms with Crippen LogP contribution in [0.4, 0.5) is 0 Å². The fourth-order valence-electron chi connectivity index (χ4n) is 2.28. The van der Waals surface area contributed by atoms with Crippen LogP contribution in [-0.4, -0.2) is 75.2 Å². The second-order valence-electron chi connectivity index (χ2n) is 6.68. The maximum Gasteiger partial charge on any atom is 0.322 e. The third-order valence-corrected chi connectivity index (χ3v) is 3.24. The summed E-state index contributed by atoms with van der Waals surface area (Å²) in [6.07, 6.45) is 0.783. The maximum atomic E-state index is 11.8. The minimum atomic E-state index is -0.219. The van der Waals surface area contributed by atoms with E-state index < -0.39 is 0 Å². The lowest BCUT2D eigenvalue weighted by molar-refractivity contribution is -0.143. The monoisotopic (exact) mass is 301 g/mol. The number of carbonyl (C=O) groups is 1. The molecule has 1 unspecified atom stereocenters. The van der Waals surface area contributed by atoms with Crippen LogP contribution >= 0.6 is 0 Å². The first-order valence-corrected chi connectivity index (χ1v) is 7.97. The van der Waals surface area contributed by atoms with Gasteiger partial charge < -0.3 is 19.9 Å². The van der Waals surface area contributed by atoms with Crippen molar-refractivity contribution in [3.05, 3.63) is 0 Å². The molecule has 0 aromatic rings. The first-order chi connectivity index (χ1) is 9.76. The lowest BCUT2D eigenvalue weighted by Gasteiger charge is -2.28. The summed E-state index contributed by atoms with van der Waals surface area (Å²) < 4.78 is 4.90. The van der Waals surface area contributed by atoms with E-state index >= 15 is 0 Å². The van der Waals surface area contributed by atoms with Crippen LogP contribution in [0, 0.1) is 5.92 Å². The number of hydrogen-bond acceptors (Lipinski definition) is 5. The normalized spacial score (nSPS) is 13.5. The van der Waals surface area contributed by atoms with Crippen molar-refractivity contribution in [1.29, 1.82) is 0 Å². The zero-order chi connectivity index (χ0) is 16.4. The minimum absolute atomic E-state index is 0.166. The summed E-state index contributed by atoms with van der Waals surface area (Å²) >= 11 is 0. The molecule has 0 radical (unpaired) electrons. The van der Waals surface area contributed by atoms with E-state index in [1.54, 1.807) is 0 Å². The predicted molar refractivity (Wildman–Crippen MR) is 88.5 cm³/mol. The Kier molecular flexibility index (Phi) is 10.6. The molecule has 0 heterocycles. The minimum Gasteiger partial charge on any atom is -0.468 e. The van der Waals surface area contributed by atoms with Crippen molar-refractivity contribution in [1.82, 2.24) is 15.1 Å². The van der Waals surface area contributed by atoms with E-state index in [1.165, 1.54) is 7.11 Å². The summed E-state index contributed by atoms with van der Waals surface area (Å²) in [5.41, 5.74) is 0. The van der Waals surface area contributed by atoms with Crippen LogP contribution in [-0.2, 0) is 9.53 Å². The molecule has 0 bridgehead atoms. The molecule has 0 spiro atoms. The van der Waals surface area contributed by atoms with Crippen molar-refractivity contribution in [2.75, 3.05) is 47.4 Å². The Bertz CT molecular complexity index is 281. The van der Waals surface area contributed by atoms with E-state index in [0.717, 1.165) is 32.6 Å². The topological polar surface area (TPSA) is 44.8 Å². The smallest absolute Gasteiger partial charge is 0.322 e. The Hall–Kier alpha value is -0.650. The summed E-state index contributed by atoms with van der Waals surface area (Å²) in [5, 5.41) is 3.29. The van der Waals surface area contributed by atoms with Gasteiger partial charge in [-0.25, -0.2) is 0 Å². The van der Waals surface area contributed by atoms with E-state index in [4.69, 9.17) is 4.74 Å². The predicted octanol–water partition coefficient (Wildman–Crippen LogP) is 1.44. The van der Waals surface area contributed by atoms with Gasteiger partial charge >= 0.3 is 5.97 Å². The second kappa shape index (κ2) is 11.0. The van der Waals surface area contributed by atoms with Gasteiger partial charge in [0.1, 0.15) is 6.04 Å². The highest BCUT2D eigenvalue weighted by molar-refractivity contribution is 5.75. The molecule has 1 atom stereocenters. The van der Waals surface area contributed by atoms with E-state index in [0.29, 0.717) is 5.92 Å². The number of esters is 1. The number of methoxy groups -OCH3 is 1. The Morgan fingerprint density at radius 1 is 1.10 bits per heavy atom. The summed E-state index contributed by atoms with van der Waals surface area (Å²) in [4.78, 5) is 16.5. The standard InChI is InChI=1S/C16H35N3O2/c1-13(2)12-19(11-10-18(5)6)9-8-15(16(20)21-7)17-14(3)4/h13-15,17H,8-12H2,1-7H3. The summed E-state index contributed by atoms with van der Waals surface area (Å²) in [5.74, 6) is 0.461. The first kappa shape index (κ1) is 20.3. The molecular formula is C16H35N3O2. The van der Waals surface area contributed by atoms with Crippen LogP contribution < -0.4 is 5.32 Å². The zero-order valence-electron chi connectivity index (χ0n) is 15.0. The van der Waals surface area contributed by atoms with Crippen molar-refractivity contribution in [3.8, 4) is 0 Å². The molecule has 0 rings (SSSR count). The Balaban J connectivity index is 4.46. The molecule has 0 amide bonds. The van der Waals surface area contributed by atoms with Gasteiger partial charge in [0.25, 0.3) is 0 Å². The van der Waals surface area contributed by atoms with Gasteiger partial charge in [-0.1, -0.05) is 27.7 Å². The molecule has 5 heteroatoms. The molecule has 1 N–H and O–H groups in total. The van der Waals surface area contributed by atoms with Gasteiger partial charge in [0, 0.05) is 32.2 Å². The highest BCUT2D eigenvalue weighted by atomic mass is 16.5. The first-order valence-electron chi connectivity index (χ1n) is 7.97. The van der Waals surface area contributed by atoms with Gasteiger partial charge in [-0.2, -0.15) is 0 Å². The molecule has 0 saturated heterocycles. The summed E-state index contributed by atoms with van der Waals surface area (Å²) in [6, 6.07) is 0.0541. The molecule has 0 aliphatic heterocycles. The number of nitrogens with one attached hydrogen (secondary N) is 1. The Morgan fingerprint density at radius 3 is 2.14 bits per heavy atom. The third-order valence-electron chi connectivity index (χ3n) is 3.24. The number of rotatable bonds is 11. The van der Waals surface area contributed by atoms with E-state index in [-0.39, 0.29) is 18.1 Å². The molecule has 0 aromatic carbocycles. The average Bonchev–Trinajstić information content (AvgIpc) is 2.38. The van der Waals surface area contributed by atoms with Crippen LogP contribution in [0.1, 0.15) is 34.1 Å². The summed E-state index contributed by atoms with van der Waals surface area (Å²) in [7, 11) is 5.63. The molecule has 0 fully saturated rings. The average molecular weight is 301 g/mol. The molecule has 0 aromatic heterocycles. The highest BCUT2D eigenvalue weighted by Gasteiger charge is 2.21. The number of nitrogens with zero attached hydrogens (tertiary/aromatic N) is 2. The second-order valence-corrected chi connectivity index (χ2v) is 6.68. The van der Waals surface area contributed by atoms with E-state index in [9.17, 15) is 4.79 Å². The molecule has 0 saturated carbocycles. The highest BCUT2D eigenvalue weighted by Crippen LogP contribution is 2.04. The van der Waals surface area contributed by atoms with Crippen LogP contribution in [0.5, 0.6) is 0 Å². The lowest BCUT2D eigenvalue weighted by Crippen LogP contribution is -2.44. The van der Waals surface area contributed by atoms with Gasteiger partial charge in [0.15, 0.2) is 0 Å². The molecule has 0 aliphatic rings. The number of hydrogen-bond donors (Lipinski definition) is 1. The van der Waals surface area contributed by atoms with Crippen molar-refractivity contribution >= 4 is 5.97 Å². The fraction of sp³-hybridized carbons (Fsp3) is 0.938. The van der Waals surface area contributed by atoms with Crippen molar-refractivity contribution in [2.24, 2.45) is 5.92 Å². The SMILES string of the molecule is COC(=O)C(CCN(CCN(C)C)CC(C)C)NC(C)C. The molecule has 21 heavy (non-hydrogen) atoms. The van der Waals surface area contributed by atoms with Crippen molar-refractivity contribution < 1.29 is 9.53 Å². The van der Waals surface area contributed by atoms with Gasteiger partial charge in [-0.3, -0.25) is 4.79 Å². The van der Waals surface area contributed by atoms with Gasteiger partial charge in [-0.05, 0) is 26.4 Å². The van der Waals surface area contributed by atoms with E-state index in [2.05, 4.69) is 43.1 Å². The number of likely N-dealkylation sites (N-methyl/N-ethyl adjacent to an activating group) is 1. The Labute approximate surface area is 131 Å². The Morgan fingerprint density at radius 2 is 1.71 bits per heavy atom. The maximum absolute atomic E-state index is 11.8. The quantitative estimate of drug-likeness (QED) is 0.585. The lowest BCUT2D eigenvalue weighted by atomic mass is 10.1. The van der Waals surface area contributed by atoms with Gasteiger partial charge in [0.2, 0.25) is 0 Å². The van der Waals surface area contributed by atoms with Crippen LogP contribution in [0.3, 0.4) is 0 Å². The molecule has 5 nitrogen and oxygen atoms in total. The third kappa shape index (κ3) is 10.7. The largest absolute Gasteiger partial charge is 0.468 e. The molecular weight excluding hydrogens is 266 g/mol. The van der Waals surface area contributed by atoms with E-state index in [1.807, 2.05) is 13.8 Å². The molecule has 126 valence electrons. The summed E-state index contributed by atoms with van der Waals surface area (Å²) in [6.45, 7) is 12.6. The number of carbonyl (C=O) groups excluding carboxylic acids is 1.